The summed E-state index contributed by atoms with van der Waals surface area (Å²) in [6, 6.07) is 0. The minimum absolute atomic E-state index is 0.105. The van der Waals surface area contributed by atoms with Gasteiger partial charge < -0.3 is 15.4 Å². The molecule has 0 fully saturated rings. The van der Waals surface area contributed by atoms with Crippen LogP contribution in [-0.2, 0) is 9.53 Å². The molecule has 0 radical (unpaired) electrons. The molecule has 5 nitrogen and oxygen atoms in total. The van der Waals surface area contributed by atoms with Gasteiger partial charge in [-0.2, -0.15) is 0 Å². The Kier molecular flexibility index (Phi) is 5.77. The van der Waals surface area contributed by atoms with E-state index in [1.54, 1.807) is 14.0 Å². The Labute approximate surface area is 71.5 Å². The van der Waals surface area contributed by atoms with Crippen LogP contribution in [-0.4, -0.2) is 32.2 Å². The van der Waals surface area contributed by atoms with Crippen molar-refractivity contribution in [3.8, 4) is 0 Å². The first-order valence-corrected chi connectivity index (χ1v) is 3.82. The van der Waals surface area contributed by atoms with Gasteiger partial charge in [-0.3, -0.25) is 4.79 Å². The van der Waals surface area contributed by atoms with E-state index in [4.69, 9.17) is 0 Å². The molecule has 0 atom stereocenters. The summed E-state index contributed by atoms with van der Waals surface area (Å²) in [4.78, 5) is 21.3. The van der Waals surface area contributed by atoms with E-state index in [2.05, 4.69) is 15.4 Å². The molecule has 0 aromatic carbocycles. The first-order valence-electron chi connectivity index (χ1n) is 3.82. The highest BCUT2D eigenvalue weighted by atomic mass is 16.5. The highest BCUT2D eigenvalue weighted by molar-refractivity contribution is 5.76. The number of carbonyl (C=O) groups excluding carboxylic acids is 2. The maximum atomic E-state index is 10.6. The fraction of sp³-hybridized carbons (Fsp3) is 0.714. The first kappa shape index (κ1) is 10.7. The van der Waals surface area contributed by atoms with Crippen molar-refractivity contribution in [2.45, 2.75) is 13.3 Å². The topological polar surface area (TPSA) is 67.4 Å². The molecule has 0 heterocycles. The fourth-order valence-corrected chi connectivity index (χ4v) is 0.585. The van der Waals surface area contributed by atoms with Crippen LogP contribution in [0, 0.1) is 0 Å². The molecular formula is C7H14N2O3. The Hall–Kier alpha value is -1.26. The predicted molar refractivity (Wildman–Crippen MR) is 43.7 cm³/mol. The normalized spacial score (nSPS) is 8.83. The van der Waals surface area contributed by atoms with Gasteiger partial charge in [0.1, 0.15) is 0 Å². The highest BCUT2D eigenvalue weighted by Gasteiger charge is 2.01. The molecule has 2 N–H and O–H groups in total. The van der Waals surface area contributed by atoms with Gasteiger partial charge in [-0.15, -0.1) is 0 Å². The van der Waals surface area contributed by atoms with Crippen molar-refractivity contribution < 1.29 is 14.3 Å². The number of carbonyl (C=O) groups is 2. The lowest BCUT2D eigenvalue weighted by Crippen LogP contribution is -2.29. The lowest BCUT2D eigenvalue weighted by molar-refractivity contribution is -0.120. The molecule has 0 bridgehead atoms. The zero-order valence-electron chi connectivity index (χ0n) is 7.35. The standard InChI is InChI=1S/C7H14N2O3/c1-3-12-7(11)9-5-4-6(10)8-2/h3-5H2,1-2H3,(H,8,10)(H,9,11). The molecule has 0 spiro atoms. The van der Waals surface area contributed by atoms with Crippen molar-refractivity contribution in [1.82, 2.24) is 10.6 Å². The van der Waals surface area contributed by atoms with Gasteiger partial charge in [-0.25, -0.2) is 4.79 Å². The van der Waals surface area contributed by atoms with Gasteiger partial charge in [0.15, 0.2) is 0 Å². The van der Waals surface area contributed by atoms with Crippen molar-refractivity contribution in [2.24, 2.45) is 0 Å². The summed E-state index contributed by atoms with van der Waals surface area (Å²) >= 11 is 0. The minimum Gasteiger partial charge on any atom is -0.450 e. The van der Waals surface area contributed by atoms with Gasteiger partial charge in [0.25, 0.3) is 0 Å². The molecule has 70 valence electrons. The summed E-state index contributed by atoms with van der Waals surface area (Å²) in [5.74, 6) is -0.105. The second-order valence-corrected chi connectivity index (χ2v) is 2.07. The van der Waals surface area contributed by atoms with Gasteiger partial charge in [0.05, 0.1) is 6.61 Å². The van der Waals surface area contributed by atoms with Gasteiger partial charge in [0, 0.05) is 20.0 Å². The van der Waals surface area contributed by atoms with Gasteiger partial charge in [0.2, 0.25) is 5.91 Å². The van der Waals surface area contributed by atoms with E-state index in [0.29, 0.717) is 13.2 Å². The fourth-order valence-electron chi connectivity index (χ4n) is 0.585. The average molecular weight is 174 g/mol. The molecule has 0 saturated carbocycles. The molecule has 0 rings (SSSR count). The number of nitrogens with one attached hydrogen (secondary N) is 2. The third kappa shape index (κ3) is 5.52. The summed E-state index contributed by atoms with van der Waals surface area (Å²) in [5, 5.41) is 4.87. The van der Waals surface area contributed by atoms with Gasteiger partial charge in [-0.05, 0) is 6.92 Å². The molecule has 0 aromatic rings. The summed E-state index contributed by atoms with van der Waals surface area (Å²) in [6.07, 6.45) is -0.212. The van der Waals surface area contributed by atoms with E-state index in [9.17, 15) is 9.59 Å². The second kappa shape index (κ2) is 6.45. The van der Waals surface area contributed by atoms with Crippen LogP contribution < -0.4 is 10.6 Å². The number of amides is 2. The monoisotopic (exact) mass is 174 g/mol. The van der Waals surface area contributed by atoms with Crippen LogP contribution in [0.3, 0.4) is 0 Å². The van der Waals surface area contributed by atoms with E-state index in [1.807, 2.05) is 0 Å². The zero-order chi connectivity index (χ0) is 9.40. The van der Waals surface area contributed by atoms with E-state index >= 15 is 0 Å². The maximum Gasteiger partial charge on any atom is 0.407 e. The van der Waals surface area contributed by atoms with E-state index in [-0.39, 0.29) is 12.3 Å². The van der Waals surface area contributed by atoms with E-state index < -0.39 is 6.09 Å². The molecule has 12 heavy (non-hydrogen) atoms. The third-order valence-electron chi connectivity index (χ3n) is 1.18. The Morgan fingerprint density at radius 3 is 2.58 bits per heavy atom. The molecule has 0 saturated heterocycles. The number of hydrogen-bond acceptors (Lipinski definition) is 3. The van der Waals surface area contributed by atoms with Crippen molar-refractivity contribution >= 4 is 12.0 Å². The van der Waals surface area contributed by atoms with Crippen LogP contribution in [0.4, 0.5) is 4.79 Å². The van der Waals surface area contributed by atoms with Crippen LogP contribution in [0.25, 0.3) is 0 Å². The smallest absolute Gasteiger partial charge is 0.407 e. The largest absolute Gasteiger partial charge is 0.450 e. The summed E-state index contributed by atoms with van der Waals surface area (Å²) in [7, 11) is 1.55. The lowest BCUT2D eigenvalue weighted by Gasteiger charge is -2.03. The highest BCUT2D eigenvalue weighted by Crippen LogP contribution is 1.79. The predicted octanol–water partition coefficient (Wildman–Crippen LogP) is -0.131. The van der Waals surface area contributed by atoms with Crippen molar-refractivity contribution in [3.05, 3.63) is 0 Å². The zero-order valence-corrected chi connectivity index (χ0v) is 7.35. The SMILES string of the molecule is CCOC(=O)NCCC(=O)NC. The van der Waals surface area contributed by atoms with Crippen molar-refractivity contribution in [2.75, 3.05) is 20.2 Å². The summed E-state index contributed by atoms with van der Waals surface area (Å²) < 4.78 is 4.58. The maximum absolute atomic E-state index is 10.6. The van der Waals surface area contributed by atoms with Gasteiger partial charge >= 0.3 is 6.09 Å². The number of ether oxygens (including phenoxy) is 1. The molecule has 0 aliphatic rings. The molecule has 0 aliphatic heterocycles. The minimum atomic E-state index is -0.485. The number of alkyl carbamates (subject to hydrolysis) is 1. The summed E-state index contributed by atoms with van der Waals surface area (Å²) in [6.45, 7) is 2.36. The van der Waals surface area contributed by atoms with E-state index in [1.165, 1.54) is 0 Å². The molecule has 0 unspecified atom stereocenters. The number of hydrogen-bond donors (Lipinski definition) is 2. The summed E-state index contributed by atoms with van der Waals surface area (Å²) in [5.41, 5.74) is 0. The van der Waals surface area contributed by atoms with Crippen LogP contribution in [0.1, 0.15) is 13.3 Å². The Bertz CT molecular complexity index is 159. The van der Waals surface area contributed by atoms with Crippen LogP contribution in [0.5, 0.6) is 0 Å². The third-order valence-corrected chi connectivity index (χ3v) is 1.18. The molecule has 2 amide bonds. The van der Waals surface area contributed by atoms with Crippen LogP contribution >= 0.6 is 0 Å². The molecule has 0 aromatic heterocycles. The Balaban J connectivity index is 3.30. The van der Waals surface area contributed by atoms with E-state index in [0.717, 1.165) is 0 Å². The first-order chi connectivity index (χ1) is 5.70. The number of rotatable bonds is 4. The van der Waals surface area contributed by atoms with Crippen LogP contribution in [0.15, 0.2) is 0 Å². The Morgan fingerprint density at radius 1 is 1.42 bits per heavy atom. The molecular weight excluding hydrogens is 160 g/mol. The quantitative estimate of drug-likeness (QED) is 0.623. The van der Waals surface area contributed by atoms with Gasteiger partial charge in [-0.1, -0.05) is 0 Å². The molecule has 5 heteroatoms. The average Bonchev–Trinajstić information content (AvgIpc) is 2.04. The van der Waals surface area contributed by atoms with Crippen molar-refractivity contribution in [3.63, 3.8) is 0 Å². The lowest BCUT2D eigenvalue weighted by atomic mass is 10.4. The second-order valence-electron chi connectivity index (χ2n) is 2.07. The van der Waals surface area contributed by atoms with Crippen molar-refractivity contribution in [1.29, 1.82) is 0 Å². The molecule has 0 aliphatic carbocycles. The van der Waals surface area contributed by atoms with Crippen LogP contribution in [0.2, 0.25) is 0 Å². The Morgan fingerprint density at radius 2 is 2.08 bits per heavy atom.